The molecule has 0 amide bonds. The van der Waals surface area contributed by atoms with Crippen LogP contribution in [0.3, 0.4) is 0 Å². The highest BCUT2D eigenvalue weighted by molar-refractivity contribution is 4.88. The maximum absolute atomic E-state index is 3.24. The van der Waals surface area contributed by atoms with Crippen molar-refractivity contribution in [3.05, 3.63) is 12.3 Å². The summed E-state index contributed by atoms with van der Waals surface area (Å²) < 4.78 is 0. The van der Waals surface area contributed by atoms with Crippen LogP contribution in [-0.4, -0.2) is 29.9 Å². The second kappa shape index (κ2) is 2.57. The van der Waals surface area contributed by atoms with E-state index < -0.39 is 0 Å². The Morgan fingerprint density at radius 3 is 2.90 bits per heavy atom. The van der Waals surface area contributed by atoms with Crippen molar-refractivity contribution in [2.24, 2.45) is 0 Å². The van der Waals surface area contributed by atoms with E-state index in [2.05, 4.69) is 22.0 Å². The molecule has 2 heterocycles. The van der Waals surface area contributed by atoms with Crippen molar-refractivity contribution >= 4 is 0 Å². The molecule has 1 saturated heterocycles. The second-order valence-corrected chi connectivity index (χ2v) is 2.48. The van der Waals surface area contributed by atoms with E-state index in [1.54, 1.807) is 0 Å². The van der Waals surface area contributed by atoms with Crippen molar-refractivity contribution in [1.82, 2.24) is 21.1 Å². The van der Waals surface area contributed by atoms with Gasteiger partial charge in [0.25, 0.3) is 0 Å². The molecular formula is C6H12N4. The quantitative estimate of drug-likeness (QED) is 0.511. The fraction of sp³-hybridized carbons (Fsp3) is 0.667. The summed E-state index contributed by atoms with van der Waals surface area (Å²) in [5.41, 5.74) is 6.43. The Labute approximate surface area is 60.4 Å². The van der Waals surface area contributed by atoms with Gasteiger partial charge in [-0.15, -0.1) is 5.12 Å². The molecule has 0 aromatic carbocycles. The third-order valence-electron chi connectivity index (χ3n) is 1.72. The molecular weight excluding hydrogens is 128 g/mol. The minimum Gasteiger partial charge on any atom is -0.236 e. The van der Waals surface area contributed by atoms with E-state index >= 15 is 0 Å². The topological polar surface area (TPSA) is 30.5 Å². The van der Waals surface area contributed by atoms with Crippen molar-refractivity contribution in [3.63, 3.8) is 0 Å². The summed E-state index contributed by atoms with van der Waals surface area (Å²) in [5, 5.41) is 4.08. The first-order valence-corrected chi connectivity index (χ1v) is 3.67. The highest BCUT2D eigenvalue weighted by Gasteiger charge is 2.17. The minimum atomic E-state index is 0.943. The van der Waals surface area contributed by atoms with Crippen molar-refractivity contribution in [3.8, 4) is 0 Å². The fourth-order valence-electron chi connectivity index (χ4n) is 1.22. The molecule has 4 heteroatoms. The third kappa shape index (κ3) is 1.01. The normalized spacial score (nSPS) is 26.6. The van der Waals surface area contributed by atoms with Crippen LogP contribution in [0.4, 0.5) is 0 Å². The zero-order valence-corrected chi connectivity index (χ0v) is 5.88. The van der Waals surface area contributed by atoms with E-state index in [1.807, 2.05) is 11.3 Å². The van der Waals surface area contributed by atoms with Crippen LogP contribution in [0.25, 0.3) is 0 Å². The third-order valence-corrected chi connectivity index (χ3v) is 1.72. The van der Waals surface area contributed by atoms with Gasteiger partial charge >= 0.3 is 0 Å². The number of nitrogens with zero attached hydrogens (tertiary/aromatic N) is 2. The summed E-state index contributed by atoms with van der Waals surface area (Å²) in [7, 11) is 0. The van der Waals surface area contributed by atoms with Crippen molar-refractivity contribution < 1.29 is 0 Å². The highest BCUT2D eigenvalue weighted by atomic mass is 15.9. The molecule has 0 spiro atoms. The fourth-order valence-corrected chi connectivity index (χ4v) is 1.22. The molecule has 2 aliphatic rings. The number of hydrazine groups is 3. The maximum atomic E-state index is 3.24. The molecule has 0 unspecified atom stereocenters. The van der Waals surface area contributed by atoms with Crippen LogP contribution in [0.5, 0.6) is 0 Å². The predicted octanol–water partition coefficient (Wildman–Crippen LogP) is -0.554. The number of rotatable bonds is 1. The first-order chi connectivity index (χ1) is 4.97. The van der Waals surface area contributed by atoms with Gasteiger partial charge in [-0.2, -0.15) is 0 Å². The molecule has 0 radical (unpaired) electrons. The van der Waals surface area contributed by atoms with Crippen LogP contribution in [0.15, 0.2) is 12.3 Å². The Kier molecular flexibility index (Phi) is 1.58. The molecule has 0 bridgehead atoms. The first kappa shape index (κ1) is 6.15. The number of hydrogen-bond donors (Lipinski definition) is 2. The van der Waals surface area contributed by atoms with Gasteiger partial charge < -0.3 is 0 Å². The lowest BCUT2D eigenvalue weighted by molar-refractivity contribution is -0.0310. The lowest BCUT2D eigenvalue weighted by atomic mass is 10.5. The van der Waals surface area contributed by atoms with Gasteiger partial charge in [0.2, 0.25) is 0 Å². The van der Waals surface area contributed by atoms with Gasteiger partial charge in [-0.1, -0.05) is 0 Å². The van der Waals surface area contributed by atoms with E-state index in [1.165, 1.54) is 6.42 Å². The van der Waals surface area contributed by atoms with Gasteiger partial charge in [-0.3, -0.25) is 0 Å². The van der Waals surface area contributed by atoms with Gasteiger partial charge in [0.1, 0.15) is 0 Å². The van der Waals surface area contributed by atoms with Gasteiger partial charge in [-0.05, 0) is 12.5 Å². The van der Waals surface area contributed by atoms with E-state index in [4.69, 9.17) is 0 Å². The molecule has 0 aliphatic carbocycles. The summed E-state index contributed by atoms with van der Waals surface area (Å²) in [6.45, 7) is 3.13. The Morgan fingerprint density at radius 2 is 2.30 bits per heavy atom. The molecule has 10 heavy (non-hydrogen) atoms. The monoisotopic (exact) mass is 140 g/mol. The molecule has 0 atom stereocenters. The second-order valence-electron chi connectivity index (χ2n) is 2.48. The smallest absolute Gasteiger partial charge is 0.0367 e. The average Bonchev–Trinajstić information content (AvgIpc) is 2.59. The summed E-state index contributed by atoms with van der Waals surface area (Å²) >= 11 is 0. The lowest BCUT2D eigenvalue weighted by Gasteiger charge is -2.26. The summed E-state index contributed by atoms with van der Waals surface area (Å²) in [5.74, 6) is 0. The molecule has 0 aromatic heterocycles. The van der Waals surface area contributed by atoms with E-state index in [9.17, 15) is 0 Å². The molecule has 56 valence electrons. The SMILES string of the molecule is C1=CN(N2CCCN2)NC1. The van der Waals surface area contributed by atoms with Crippen molar-refractivity contribution in [2.75, 3.05) is 19.6 Å². The van der Waals surface area contributed by atoms with Crippen molar-refractivity contribution in [2.45, 2.75) is 6.42 Å². The molecule has 0 saturated carbocycles. The molecule has 2 rings (SSSR count). The van der Waals surface area contributed by atoms with Crippen LogP contribution in [0, 0.1) is 0 Å². The average molecular weight is 140 g/mol. The van der Waals surface area contributed by atoms with Gasteiger partial charge in [-0.25, -0.2) is 16.0 Å². The van der Waals surface area contributed by atoms with Crippen LogP contribution < -0.4 is 10.9 Å². The number of hydrogen-bond acceptors (Lipinski definition) is 4. The van der Waals surface area contributed by atoms with Gasteiger partial charge in [0.05, 0.1) is 0 Å². The van der Waals surface area contributed by atoms with Crippen LogP contribution >= 0.6 is 0 Å². The minimum absolute atomic E-state index is 0.943. The summed E-state index contributed by atoms with van der Waals surface area (Å²) in [6, 6.07) is 0. The molecule has 0 aromatic rings. The lowest BCUT2D eigenvalue weighted by Crippen LogP contribution is -2.48. The van der Waals surface area contributed by atoms with E-state index in [0.717, 1.165) is 19.6 Å². The zero-order valence-electron chi connectivity index (χ0n) is 5.88. The summed E-state index contributed by atoms with van der Waals surface area (Å²) in [6.07, 6.45) is 5.37. The maximum Gasteiger partial charge on any atom is 0.0367 e. The standard InChI is InChI=1S/C6H12N4/c1-3-7-9(5-1)10-6-2-4-8-10/h1,5,7-8H,2-4,6H2. The molecule has 1 fully saturated rings. The Hall–Kier alpha value is -0.580. The largest absolute Gasteiger partial charge is 0.236 e. The van der Waals surface area contributed by atoms with Crippen LogP contribution in [-0.2, 0) is 0 Å². The van der Waals surface area contributed by atoms with Crippen molar-refractivity contribution in [1.29, 1.82) is 0 Å². The van der Waals surface area contributed by atoms with E-state index in [0.29, 0.717) is 0 Å². The Balaban J connectivity index is 1.91. The van der Waals surface area contributed by atoms with Gasteiger partial charge in [0.15, 0.2) is 0 Å². The summed E-state index contributed by atoms with van der Waals surface area (Å²) in [4.78, 5) is 0. The number of nitrogens with one attached hydrogen (secondary N) is 2. The molecule has 2 aliphatic heterocycles. The van der Waals surface area contributed by atoms with Gasteiger partial charge in [0, 0.05) is 25.8 Å². The Bertz CT molecular complexity index is 139. The molecule has 4 nitrogen and oxygen atoms in total. The van der Waals surface area contributed by atoms with Crippen LogP contribution in [0.1, 0.15) is 6.42 Å². The van der Waals surface area contributed by atoms with E-state index in [-0.39, 0.29) is 0 Å². The molecule has 2 N–H and O–H groups in total. The van der Waals surface area contributed by atoms with Crippen LogP contribution in [0.2, 0.25) is 0 Å². The first-order valence-electron chi connectivity index (χ1n) is 3.67. The predicted molar refractivity (Wildman–Crippen MR) is 38.3 cm³/mol. The highest BCUT2D eigenvalue weighted by Crippen LogP contribution is 2.02. The zero-order chi connectivity index (χ0) is 6.81. The Morgan fingerprint density at radius 1 is 1.30 bits per heavy atom.